The van der Waals surface area contributed by atoms with Crippen LogP contribution in [0.25, 0.3) is 32.7 Å². The molecule has 0 aliphatic carbocycles. The zero-order chi connectivity index (χ0) is 21.9. The van der Waals surface area contributed by atoms with Gasteiger partial charge in [-0.15, -0.1) is 11.3 Å². The minimum atomic E-state index is -0.166. The predicted octanol–water partition coefficient (Wildman–Crippen LogP) is 4.89. The molecule has 0 saturated carbocycles. The van der Waals surface area contributed by atoms with E-state index in [1.807, 2.05) is 65.7 Å². The molecule has 5 rings (SSSR count). The van der Waals surface area contributed by atoms with Gasteiger partial charge in [-0.3, -0.25) is 4.79 Å². The molecule has 0 radical (unpaired) electrons. The summed E-state index contributed by atoms with van der Waals surface area (Å²) in [5.74, 6) is 1.61. The number of imidazole rings is 1. The highest BCUT2D eigenvalue weighted by Crippen LogP contribution is 2.38. The van der Waals surface area contributed by atoms with E-state index in [0.717, 1.165) is 26.8 Å². The third-order valence-electron chi connectivity index (χ3n) is 4.72. The number of nitrogens with one attached hydrogen (secondary N) is 1. The standard InChI is InChI=1S/C22H18N6O2S2/c1-28-12-11-23-21(28)19-18(14-6-3-2-4-7-14)26-22(32-19)24-16(29)9-10-17-25-20(27-30-17)15-8-5-13-31-15/h2-8,11-13H,9-10H2,1H3,(H,24,26,29). The van der Waals surface area contributed by atoms with Crippen molar-refractivity contribution in [3.05, 3.63) is 66.1 Å². The van der Waals surface area contributed by atoms with E-state index in [0.29, 0.717) is 23.3 Å². The molecular weight excluding hydrogens is 444 g/mol. The molecule has 0 bridgehead atoms. The van der Waals surface area contributed by atoms with Gasteiger partial charge in [0, 0.05) is 37.8 Å². The van der Waals surface area contributed by atoms with Crippen molar-refractivity contribution in [1.29, 1.82) is 0 Å². The third kappa shape index (κ3) is 4.23. The van der Waals surface area contributed by atoms with Crippen LogP contribution in [0.5, 0.6) is 0 Å². The Bertz CT molecular complexity index is 1340. The largest absolute Gasteiger partial charge is 0.339 e. The van der Waals surface area contributed by atoms with E-state index in [-0.39, 0.29) is 12.3 Å². The maximum absolute atomic E-state index is 12.6. The Kier molecular flexibility index (Phi) is 5.61. The number of rotatable bonds is 7. The van der Waals surface area contributed by atoms with E-state index in [4.69, 9.17) is 9.51 Å². The van der Waals surface area contributed by atoms with Crippen molar-refractivity contribution in [1.82, 2.24) is 24.7 Å². The molecule has 160 valence electrons. The molecule has 0 aliphatic rings. The van der Waals surface area contributed by atoms with Gasteiger partial charge < -0.3 is 14.4 Å². The van der Waals surface area contributed by atoms with E-state index in [9.17, 15) is 4.79 Å². The number of hydrogen-bond acceptors (Lipinski definition) is 8. The summed E-state index contributed by atoms with van der Waals surface area (Å²) >= 11 is 2.94. The zero-order valence-electron chi connectivity index (χ0n) is 17.1. The van der Waals surface area contributed by atoms with Gasteiger partial charge in [0.05, 0.1) is 15.4 Å². The molecule has 0 unspecified atom stereocenters. The lowest BCUT2D eigenvalue weighted by Crippen LogP contribution is -2.12. The fourth-order valence-electron chi connectivity index (χ4n) is 3.17. The fraction of sp³-hybridized carbons (Fsp3) is 0.136. The van der Waals surface area contributed by atoms with Gasteiger partial charge >= 0.3 is 0 Å². The molecule has 8 nitrogen and oxygen atoms in total. The molecule has 10 heteroatoms. The van der Waals surface area contributed by atoms with Gasteiger partial charge in [-0.25, -0.2) is 9.97 Å². The summed E-state index contributed by atoms with van der Waals surface area (Å²) in [4.78, 5) is 27.9. The van der Waals surface area contributed by atoms with Crippen LogP contribution in [0.4, 0.5) is 5.13 Å². The number of thiophene rings is 1. The minimum Gasteiger partial charge on any atom is -0.339 e. The van der Waals surface area contributed by atoms with Crippen LogP contribution in [-0.4, -0.2) is 30.6 Å². The lowest BCUT2D eigenvalue weighted by molar-refractivity contribution is -0.116. The Morgan fingerprint density at radius 3 is 2.78 bits per heavy atom. The predicted molar refractivity (Wildman–Crippen MR) is 124 cm³/mol. The second kappa shape index (κ2) is 8.85. The highest BCUT2D eigenvalue weighted by atomic mass is 32.1. The molecule has 0 spiro atoms. The first kappa shape index (κ1) is 20.3. The van der Waals surface area contributed by atoms with E-state index in [1.165, 1.54) is 22.7 Å². The first-order valence-electron chi connectivity index (χ1n) is 9.87. The van der Waals surface area contributed by atoms with Crippen LogP contribution in [0.2, 0.25) is 0 Å². The van der Waals surface area contributed by atoms with Gasteiger partial charge in [-0.1, -0.05) is 52.9 Å². The van der Waals surface area contributed by atoms with E-state index < -0.39 is 0 Å². The number of hydrogen-bond donors (Lipinski definition) is 1. The molecule has 0 atom stereocenters. The van der Waals surface area contributed by atoms with E-state index in [1.54, 1.807) is 6.20 Å². The van der Waals surface area contributed by atoms with E-state index >= 15 is 0 Å². The summed E-state index contributed by atoms with van der Waals surface area (Å²) in [6.45, 7) is 0. The van der Waals surface area contributed by atoms with Crippen molar-refractivity contribution >= 4 is 33.7 Å². The number of nitrogens with zero attached hydrogens (tertiary/aromatic N) is 5. The van der Waals surface area contributed by atoms with Crippen molar-refractivity contribution < 1.29 is 9.32 Å². The number of anilines is 1. The minimum absolute atomic E-state index is 0.166. The van der Waals surface area contributed by atoms with Gasteiger partial charge in [0.25, 0.3) is 0 Å². The van der Waals surface area contributed by atoms with Gasteiger partial charge in [0.2, 0.25) is 17.6 Å². The number of benzene rings is 1. The highest BCUT2D eigenvalue weighted by Gasteiger charge is 2.19. The quantitative estimate of drug-likeness (QED) is 0.370. The summed E-state index contributed by atoms with van der Waals surface area (Å²) in [6.07, 6.45) is 4.20. The number of aromatic nitrogens is 5. The number of carbonyl (C=O) groups is 1. The van der Waals surface area contributed by atoms with Crippen molar-refractivity contribution in [2.75, 3.05) is 5.32 Å². The normalized spacial score (nSPS) is 11.0. The SMILES string of the molecule is Cn1ccnc1-c1sc(NC(=O)CCc2nc(-c3cccs3)no2)nc1-c1ccccc1. The smallest absolute Gasteiger partial charge is 0.227 e. The van der Waals surface area contributed by atoms with Crippen molar-refractivity contribution in [2.24, 2.45) is 7.05 Å². The first-order valence-corrected chi connectivity index (χ1v) is 11.6. The van der Waals surface area contributed by atoms with Gasteiger partial charge in [-0.05, 0) is 11.4 Å². The Hall–Kier alpha value is -3.63. The molecular formula is C22H18N6O2S2. The monoisotopic (exact) mass is 462 g/mol. The molecule has 0 saturated heterocycles. The van der Waals surface area contributed by atoms with Crippen LogP contribution < -0.4 is 5.32 Å². The topological polar surface area (TPSA) is 98.7 Å². The van der Waals surface area contributed by atoms with Crippen molar-refractivity contribution in [2.45, 2.75) is 12.8 Å². The van der Waals surface area contributed by atoms with E-state index in [2.05, 4.69) is 20.4 Å². The maximum atomic E-state index is 12.6. The third-order valence-corrected chi connectivity index (χ3v) is 6.55. The summed E-state index contributed by atoms with van der Waals surface area (Å²) in [6, 6.07) is 13.7. The summed E-state index contributed by atoms with van der Waals surface area (Å²) < 4.78 is 7.21. The summed E-state index contributed by atoms with van der Waals surface area (Å²) in [5, 5.41) is 9.36. The van der Waals surface area contributed by atoms with Gasteiger partial charge in [-0.2, -0.15) is 4.98 Å². The molecule has 4 aromatic heterocycles. The first-order chi connectivity index (χ1) is 15.7. The Morgan fingerprint density at radius 1 is 1.16 bits per heavy atom. The molecule has 1 amide bonds. The average molecular weight is 463 g/mol. The second-order valence-corrected chi connectivity index (χ2v) is 8.91. The Labute approximate surface area is 191 Å². The fourth-order valence-corrected chi connectivity index (χ4v) is 4.86. The number of aryl methyl sites for hydroxylation is 2. The lowest BCUT2D eigenvalue weighted by atomic mass is 10.1. The van der Waals surface area contributed by atoms with Gasteiger partial charge in [0.1, 0.15) is 0 Å². The molecule has 32 heavy (non-hydrogen) atoms. The maximum Gasteiger partial charge on any atom is 0.227 e. The van der Waals surface area contributed by atoms with Crippen molar-refractivity contribution in [3.63, 3.8) is 0 Å². The van der Waals surface area contributed by atoms with Crippen LogP contribution in [-0.2, 0) is 18.3 Å². The molecule has 1 aromatic carbocycles. The van der Waals surface area contributed by atoms with Crippen LogP contribution in [0.1, 0.15) is 12.3 Å². The molecule has 0 fully saturated rings. The number of carbonyl (C=O) groups excluding carboxylic acids is 1. The zero-order valence-corrected chi connectivity index (χ0v) is 18.7. The molecule has 4 heterocycles. The number of amides is 1. The summed E-state index contributed by atoms with van der Waals surface area (Å²) in [5.41, 5.74) is 1.76. The second-order valence-electron chi connectivity index (χ2n) is 6.96. The average Bonchev–Trinajstić information content (AvgIpc) is 3.59. The molecule has 0 aliphatic heterocycles. The molecule has 5 aromatic rings. The van der Waals surface area contributed by atoms with Gasteiger partial charge in [0.15, 0.2) is 11.0 Å². The Balaban J connectivity index is 1.31. The van der Waals surface area contributed by atoms with Crippen LogP contribution in [0, 0.1) is 0 Å². The number of thiazole rings is 1. The van der Waals surface area contributed by atoms with Crippen LogP contribution in [0.3, 0.4) is 0 Å². The molecule has 1 N–H and O–H groups in total. The van der Waals surface area contributed by atoms with Crippen molar-refractivity contribution in [3.8, 4) is 32.7 Å². The Morgan fingerprint density at radius 2 is 2.03 bits per heavy atom. The van der Waals surface area contributed by atoms with Crippen LogP contribution in [0.15, 0.2) is 64.8 Å². The summed E-state index contributed by atoms with van der Waals surface area (Å²) in [7, 11) is 1.93. The van der Waals surface area contributed by atoms with Crippen LogP contribution >= 0.6 is 22.7 Å². The lowest BCUT2D eigenvalue weighted by Gasteiger charge is -2.02. The highest BCUT2D eigenvalue weighted by molar-refractivity contribution is 7.19.